The first-order valence-electron chi connectivity index (χ1n) is 4.68. The molecule has 7 heteroatoms. The molecule has 0 bridgehead atoms. The highest BCUT2D eigenvalue weighted by molar-refractivity contribution is 9.10. The molecule has 0 saturated heterocycles. The van der Waals surface area contributed by atoms with E-state index >= 15 is 0 Å². The van der Waals surface area contributed by atoms with Crippen LogP contribution in [0.25, 0.3) is 0 Å². The highest BCUT2D eigenvalue weighted by atomic mass is 79.9. The Morgan fingerprint density at radius 2 is 2.31 bits per heavy atom. The normalized spacial score (nSPS) is 11.8. The Balaban J connectivity index is 2.44. The molecule has 0 saturated carbocycles. The molecule has 0 spiro atoms. The largest absolute Gasteiger partial charge is 0.357 e. The lowest BCUT2D eigenvalue weighted by molar-refractivity contribution is 0.508. The van der Waals surface area contributed by atoms with Gasteiger partial charge in [0.2, 0.25) is 0 Å². The summed E-state index contributed by atoms with van der Waals surface area (Å²) in [5.41, 5.74) is 3.43. The van der Waals surface area contributed by atoms with Crippen LogP contribution in [0, 0.1) is 0 Å². The molecule has 0 radical (unpaired) electrons. The van der Waals surface area contributed by atoms with Crippen LogP contribution in [0.3, 0.4) is 0 Å². The van der Waals surface area contributed by atoms with Crippen LogP contribution >= 0.6 is 28.1 Å². The SMILES string of the molecule is CC(C)(C)NC(=S)NN=Cc1[nH]ncc1Br. The molecule has 0 aliphatic rings. The highest BCUT2D eigenvalue weighted by Gasteiger charge is 2.09. The fourth-order valence-electron chi connectivity index (χ4n) is 0.896. The summed E-state index contributed by atoms with van der Waals surface area (Å²) in [5.74, 6) is 0. The van der Waals surface area contributed by atoms with Gasteiger partial charge in [-0.15, -0.1) is 0 Å². The number of hydrazone groups is 1. The third-order valence-corrected chi connectivity index (χ3v) is 2.29. The number of aromatic nitrogens is 2. The minimum atomic E-state index is -0.0752. The summed E-state index contributed by atoms with van der Waals surface area (Å²) < 4.78 is 0.854. The predicted octanol–water partition coefficient (Wildman–Crippen LogP) is 1.77. The van der Waals surface area contributed by atoms with Crippen molar-refractivity contribution in [1.29, 1.82) is 0 Å². The average Bonchev–Trinajstić information content (AvgIpc) is 2.48. The molecule has 16 heavy (non-hydrogen) atoms. The Morgan fingerprint density at radius 3 is 2.81 bits per heavy atom. The van der Waals surface area contributed by atoms with Crippen molar-refractivity contribution in [3.8, 4) is 0 Å². The fourth-order valence-corrected chi connectivity index (χ4v) is 1.55. The van der Waals surface area contributed by atoms with E-state index in [-0.39, 0.29) is 5.54 Å². The van der Waals surface area contributed by atoms with E-state index in [9.17, 15) is 0 Å². The highest BCUT2D eigenvalue weighted by Crippen LogP contribution is 2.09. The maximum Gasteiger partial charge on any atom is 0.187 e. The van der Waals surface area contributed by atoms with E-state index < -0.39 is 0 Å². The predicted molar refractivity (Wildman–Crippen MR) is 72.5 cm³/mol. The maximum absolute atomic E-state index is 5.06. The lowest BCUT2D eigenvalue weighted by Gasteiger charge is -2.21. The van der Waals surface area contributed by atoms with Gasteiger partial charge in [-0.05, 0) is 48.9 Å². The van der Waals surface area contributed by atoms with E-state index in [0.29, 0.717) is 5.11 Å². The smallest absolute Gasteiger partial charge is 0.187 e. The molecule has 0 fully saturated rings. The van der Waals surface area contributed by atoms with Crippen LogP contribution in [0.5, 0.6) is 0 Å². The van der Waals surface area contributed by atoms with Gasteiger partial charge in [0.15, 0.2) is 5.11 Å². The van der Waals surface area contributed by atoms with Gasteiger partial charge in [0.25, 0.3) is 0 Å². The molecule has 0 atom stereocenters. The summed E-state index contributed by atoms with van der Waals surface area (Å²) >= 11 is 8.38. The Bertz CT molecular complexity index is 393. The number of halogens is 1. The minimum absolute atomic E-state index is 0.0752. The Labute approximate surface area is 108 Å². The second kappa shape index (κ2) is 5.40. The fraction of sp³-hybridized carbons (Fsp3) is 0.444. The van der Waals surface area contributed by atoms with Crippen molar-refractivity contribution in [2.75, 3.05) is 0 Å². The third-order valence-electron chi connectivity index (χ3n) is 1.47. The number of rotatable bonds is 2. The summed E-state index contributed by atoms with van der Waals surface area (Å²) in [6, 6.07) is 0. The zero-order valence-corrected chi connectivity index (χ0v) is 11.7. The van der Waals surface area contributed by atoms with Gasteiger partial charge < -0.3 is 5.32 Å². The maximum atomic E-state index is 5.06. The first kappa shape index (κ1) is 13.1. The van der Waals surface area contributed by atoms with Crippen LogP contribution in [0.2, 0.25) is 0 Å². The number of nitrogens with one attached hydrogen (secondary N) is 3. The summed E-state index contributed by atoms with van der Waals surface area (Å²) in [6.45, 7) is 6.07. The second-order valence-corrected chi connectivity index (χ2v) is 5.47. The molecule has 5 nitrogen and oxygen atoms in total. The van der Waals surface area contributed by atoms with Gasteiger partial charge in [0, 0.05) is 5.54 Å². The molecule has 0 aliphatic heterocycles. The van der Waals surface area contributed by atoms with Gasteiger partial charge >= 0.3 is 0 Å². The Hall–Kier alpha value is -0.950. The molecular weight excluding hydrogens is 290 g/mol. The van der Waals surface area contributed by atoms with Crippen LogP contribution in [0.1, 0.15) is 26.5 Å². The Kier molecular flexibility index (Phi) is 4.43. The molecule has 0 unspecified atom stereocenters. The number of aromatic amines is 1. The van der Waals surface area contributed by atoms with Crippen molar-refractivity contribution in [2.24, 2.45) is 5.10 Å². The van der Waals surface area contributed by atoms with Crippen molar-refractivity contribution in [2.45, 2.75) is 26.3 Å². The quantitative estimate of drug-likeness (QED) is 0.443. The number of hydrogen-bond acceptors (Lipinski definition) is 3. The minimum Gasteiger partial charge on any atom is -0.357 e. The lowest BCUT2D eigenvalue weighted by atomic mass is 10.1. The van der Waals surface area contributed by atoms with Crippen LogP contribution < -0.4 is 10.7 Å². The van der Waals surface area contributed by atoms with E-state index in [1.54, 1.807) is 12.4 Å². The number of thiocarbonyl (C=S) groups is 1. The summed E-state index contributed by atoms with van der Waals surface area (Å²) in [5, 5.41) is 14.2. The second-order valence-electron chi connectivity index (χ2n) is 4.21. The molecule has 1 heterocycles. The van der Waals surface area contributed by atoms with Crippen molar-refractivity contribution in [1.82, 2.24) is 20.9 Å². The molecule has 0 aliphatic carbocycles. The zero-order valence-electron chi connectivity index (χ0n) is 9.34. The number of hydrogen-bond donors (Lipinski definition) is 3. The first-order chi connectivity index (χ1) is 7.38. The van der Waals surface area contributed by atoms with Gasteiger partial charge in [0.1, 0.15) is 0 Å². The van der Waals surface area contributed by atoms with Gasteiger partial charge in [-0.2, -0.15) is 10.2 Å². The molecule has 0 aromatic carbocycles. The monoisotopic (exact) mass is 303 g/mol. The van der Waals surface area contributed by atoms with E-state index in [1.807, 2.05) is 20.8 Å². The summed E-state index contributed by atoms with van der Waals surface area (Å²) in [7, 11) is 0. The first-order valence-corrected chi connectivity index (χ1v) is 5.89. The van der Waals surface area contributed by atoms with E-state index in [2.05, 4.69) is 42.0 Å². The van der Waals surface area contributed by atoms with Crippen LogP contribution in [0.15, 0.2) is 15.8 Å². The molecule has 88 valence electrons. The van der Waals surface area contributed by atoms with Crippen molar-refractivity contribution >= 4 is 39.5 Å². The molecule has 3 N–H and O–H groups in total. The average molecular weight is 304 g/mol. The van der Waals surface area contributed by atoms with Gasteiger partial charge in [-0.3, -0.25) is 10.5 Å². The lowest BCUT2D eigenvalue weighted by Crippen LogP contribution is -2.44. The molecular formula is C9H14BrN5S. The zero-order chi connectivity index (χ0) is 12.2. The van der Waals surface area contributed by atoms with E-state index in [0.717, 1.165) is 10.2 Å². The van der Waals surface area contributed by atoms with Crippen LogP contribution in [0.4, 0.5) is 0 Å². The Morgan fingerprint density at radius 1 is 1.62 bits per heavy atom. The van der Waals surface area contributed by atoms with Crippen molar-refractivity contribution in [3.05, 3.63) is 16.4 Å². The number of H-pyrrole nitrogens is 1. The van der Waals surface area contributed by atoms with Crippen LogP contribution in [-0.4, -0.2) is 27.1 Å². The topological polar surface area (TPSA) is 65.1 Å². The van der Waals surface area contributed by atoms with Gasteiger partial charge in [-0.25, -0.2) is 0 Å². The number of nitrogens with zero attached hydrogens (tertiary/aromatic N) is 2. The van der Waals surface area contributed by atoms with Gasteiger partial charge in [0.05, 0.1) is 22.6 Å². The summed E-state index contributed by atoms with van der Waals surface area (Å²) in [4.78, 5) is 0. The molecule has 1 aromatic heterocycles. The van der Waals surface area contributed by atoms with Crippen LogP contribution in [-0.2, 0) is 0 Å². The molecule has 1 rings (SSSR count). The van der Waals surface area contributed by atoms with Crippen molar-refractivity contribution in [3.63, 3.8) is 0 Å². The summed E-state index contributed by atoms with van der Waals surface area (Å²) in [6.07, 6.45) is 3.26. The third kappa shape index (κ3) is 4.71. The standard InChI is InChI=1S/C9H14BrN5S/c1-9(2,3)13-8(16)15-12-5-7-6(10)4-11-14-7/h4-5H,1-3H3,(H,11,14)(H2,13,15,16). The van der Waals surface area contributed by atoms with Crippen molar-refractivity contribution < 1.29 is 0 Å². The molecule has 1 aromatic rings. The molecule has 0 amide bonds. The van der Waals surface area contributed by atoms with E-state index in [1.165, 1.54) is 0 Å². The van der Waals surface area contributed by atoms with Gasteiger partial charge in [-0.1, -0.05) is 0 Å². The van der Waals surface area contributed by atoms with E-state index in [4.69, 9.17) is 12.2 Å².